The van der Waals surface area contributed by atoms with Gasteiger partial charge in [0.1, 0.15) is 0 Å². The zero-order chi connectivity index (χ0) is 4.28. The van der Waals surface area contributed by atoms with Crippen LogP contribution in [-0.2, 0) is 15.5 Å². The molecule has 0 bridgehead atoms. The molecule has 0 aliphatic rings. The molecule has 0 aromatic heterocycles. The van der Waals surface area contributed by atoms with Crippen molar-refractivity contribution >= 4 is 34.4 Å². The van der Waals surface area contributed by atoms with Crippen molar-refractivity contribution in [2.24, 2.45) is 0 Å². The number of rotatable bonds is 1. The predicted octanol–water partition coefficient (Wildman–Crippen LogP) is -0.729. The summed E-state index contributed by atoms with van der Waals surface area (Å²) in [7, 11) is 1.09. The van der Waals surface area contributed by atoms with Crippen molar-refractivity contribution < 1.29 is 15.8 Å². The van der Waals surface area contributed by atoms with Gasteiger partial charge in [0.15, 0.2) is 0 Å². The zero-order valence-electron chi connectivity index (χ0n) is 5.34. The summed E-state index contributed by atoms with van der Waals surface area (Å²) in [5.41, 5.74) is 0. The van der Waals surface area contributed by atoms with Gasteiger partial charge in [-0.25, -0.2) is 4.21 Å². The summed E-state index contributed by atoms with van der Waals surface area (Å²) in [6.45, 7) is 0. The summed E-state index contributed by atoms with van der Waals surface area (Å²) in [6.07, 6.45) is 0. The molecule has 0 rings (SSSR count). The van der Waals surface area contributed by atoms with Crippen molar-refractivity contribution in [3.05, 3.63) is 0 Å². The van der Waals surface area contributed by atoms with Gasteiger partial charge in [-0.2, -0.15) is 0 Å². The maximum Gasteiger partial charge on any atom is 2.00 e. The molecular weight excluding hydrogens is 116 g/mol. The normalized spacial score (nSPS) is 12.3. The monoisotopic (exact) mass is 121 g/mol. The molecule has 3 nitrogen and oxygen atoms in total. The van der Waals surface area contributed by atoms with Crippen molar-refractivity contribution in [1.29, 1.82) is 0 Å². The third-order valence-corrected chi connectivity index (χ3v) is 0.408. The Morgan fingerprint density at radius 3 is 2.17 bits per heavy atom. The molecule has 5 heteroatoms. The van der Waals surface area contributed by atoms with Crippen LogP contribution in [0.5, 0.6) is 0 Å². The van der Waals surface area contributed by atoms with Crippen molar-refractivity contribution in [2.45, 2.75) is 0 Å². The standard InChI is InChI=1S/CH4O3S.Mg.2H/c1-4-5(2)3;;;/h1H3,(H,2,3);;;/q;+2;2*-1/p-1. The predicted molar refractivity (Wildman–Crippen MR) is 23.9 cm³/mol. The molecule has 0 spiro atoms. The Labute approximate surface area is 57.7 Å². The molecule has 0 amide bonds. The maximum absolute atomic E-state index is 9.15. The van der Waals surface area contributed by atoms with Crippen LogP contribution < -0.4 is 0 Å². The topological polar surface area (TPSA) is 49.4 Å². The van der Waals surface area contributed by atoms with Gasteiger partial charge in [-0.3, -0.25) is 0 Å². The minimum Gasteiger partial charge on any atom is -1.00 e. The zero-order valence-corrected chi connectivity index (χ0v) is 5.57. The van der Waals surface area contributed by atoms with E-state index in [9.17, 15) is 0 Å². The fourth-order valence-electron chi connectivity index (χ4n) is 0. The second-order valence-electron chi connectivity index (χ2n) is 0.371. The maximum atomic E-state index is 9.15. The van der Waals surface area contributed by atoms with Gasteiger partial charge in [0.2, 0.25) is 0 Å². The van der Waals surface area contributed by atoms with Crippen LogP contribution >= 0.6 is 0 Å². The van der Waals surface area contributed by atoms with Crippen molar-refractivity contribution in [3.8, 4) is 0 Å². The molecule has 0 aromatic rings. The van der Waals surface area contributed by atoms with Crippen molar-refractivity contribution in [1.82, 2.24) is 0 Å². The van der Waals surface area contributed by atoms with Crippen LogP contribution in [0.2, 0.25) is 0 Å². The van der Waals surface area contributed by atoms with E-state index in [1.807, 2.05) is 0 Å². The van der Waals surface area contributed by atoms with Crippen LogP contribution in [0.15, 0.2) is 0 Å². The van der Waals surface area contributed by atoms with Gasteiger partial charge in [-0.15, -0.1) is 0 Å². The Morgan fingerprint density at radius 2 is 2.17 bits per heavy atom. The van der Waals surface area contributed by atoms with E-state index in [1.165, 1.54) is 0 Å². The largest absolute Gasteiger partial charge is 2.00 e. The quantitative estimate of drug-likeness (QED) is 0.340. The molecule has 1 atom stereocenters. The number of hydrogen-bond acceptors (Lipinski definition) is 3. The fourth-order valence-corrected chi connectivity index (χ4v) is 0. The van der Waals surface area contributed by atoms with Gasteiger partial charge in [0.25, 0.3) is 0 Å². The van der Waals surface area contributed by atoms with Crippen molar-refractivity contribution in [3.63, 3.8) is 0 Å². The smallest absolute Gasteiger partial charge is 1.00 e. The van der Waals surface area contributed by atoms with E-state index in [4.69, 9.17) is 8.76 Å². The molecule has 0 aliphatic heterocycles. The molecule has 36 valence electrons. The van der Waals surface area contributed by atoms with Gasteiger partial charge in [-0.1, -0.05) is 0 Å². The second-order valence-corrected chi connectivity index (χ2v) is 1.11. The Kier molecular flexibility index (Phi) is 9.68. The third-order valence-electron chi connectivity index (χ3n) is 0.136. The average molecular weight is 121 g/mol. The summed E-state index contributed by atoms with van der Waals surface area (Å²) in [6, 6.07) is 0. The van der Waals surface area contributed by atoms with Gasteiger partial charge >= 0.3 is 23.1 Å². The molecule has 0 aromatic carbocycles. The van der Waals surface area contributed by atoms with Crippen LogP contribution in [0.25, 0.3) is 0 Å². The Hall–Kier alpha value is 0.836. The fraction of sp³-hybridized carbons (Fsp3) is 1.00. The summed E-state index contributed by atoms with van der Waals surface area (Å²) in [5, 5.41) is 0. The average Bonchev–Trinajstić information content (AvgIpc) is 1.38. The molecular formula is CH5MgO3S-. The third kappa shape index (κ3) is 8.85. The second kappa shape index (κ2) is 5.84. The minimum atomic E-state index is -2.32. The molecule has 0 radical (unpaired) electrons. The van der Waals surface area contributed by atoms with Crippen LogP contribution in [0.3, 0.4) is 0 Å². The molecule has 0 saturated carbocycles. The van der Waals surface area contributed by atoms with Crippen LogP contribution in [0.1, 0.15) is 2.85 Å². The van der Waals surface area contributed by atoms with E-state index < -0.39 is 11.4 Å². The van der Waals surface area contributed by atoms with E-state index in [2.05, 4.69) is 4.18 Å². The molecule has 0 N–H and O–H groups in total. The molecule has 0 aliphatic carbocycles. The van der Waals surface area contributed by atoms with Gasteiger partial charge < -0.3 is 11.6 Å². The summed E-state index contributed by atoms with van der Waals surface area (Å²) >= 11 is -2.32. The van der Waals surface area contributed by atoms with Gasteiger partial charge in [0, 0.05) is 0 Å². The first-order valence-corrected chi connectivity index (χ1v) is 1.91. The summed E-state index contributed by atoms with van der Waals surface area (Å²) < 4.78 is 22.0. The Balaban J connectivity index is -0.0000000267. The van der Waals surface area contributed by atoms with Crippen LogP contribution in [0, 0.1) is 0 Å². The summed E-state index contributed by atoms with van der Waals surface area (Å²) in [5.74, 6) is 0. The molecule has 6 heavy (non-hydrogen) atoms. The van der Waals surface area contributed by atoms with Crippen LogP contribution in [-0.4, -0.2) is 38.9 Å². The van der Waals surface area contributed by atoms with Gasteiger partial charge in [0.05, 0.1) is 18.5 Å². The Bertz CT molecular complexity index is 52.5. The van der Waals surface area contributed by atoms with E-state index in [-0.39, 0.29) is 25.9 Å². The molecule has 0 saturated heterocycles. The van der Waals surface area contributed by atoms with Gasteiger partial charge in [-0.05, 0) is 0 Å². The Morgan fingerprint density at radius 1 is 2.00 bits per heavy atom. The number of hydrogen-bond donors (Lipinski definition) is 0. The van der Waals surface area contributed by atoms with Crippen LogP contribution in [0.4, 0.5) is 0 Å². The SMILES string of the molecule is COS(=O)[O-].[H-].[H-].[Mg+2]. The van der Waals surface area contributed by atoms with E-state index in [0.29, 0.717) is 0 Å². The first-order valence-electron chi connectivity index (χ1n) is 0.908. The molecule has 0 heterocycles. The molecule has 0 fully saturated rings. The molecule has 1 unspecified atom stereocenters. The minimum absolute atomic E-state index is 0. The van der Waals surface area contributed by atoms with E-state index >= 15 is 0 Å². The van der Waals surface area contributed by atoms with E-state index in [0.717, 1.165) is 7.11 Å². The summed E-state index contributed by atoms with van der Waals surface area (Å²) in [4.78, 5) is 0. The first kappa shape index (κ1) is 9.96. The first-order chi connectivity index (χ1) is 2.27. The van der Waals surface area contributed by atoms with Crippen molar-refractivity contribution in [2.75, 3.05) is 7.11 Å². The van der Waals surface area contributed by atoms with E-state index in [1.54, 1.807) is 0 Å².